The van der Waals surface area contributed by atoms with E-state index in [1.165, 1.54) is 0 Å². The number of likely N-dealkylation sites (tertiary alicyclic amines) is 1. The number of hydrogen-bond donors (Lipinski definition) is 1. The van der Waals surface area contributed by atoms with Crippen LogP contribution in [-0.4, -0.2) is 49.1 Å². The van der Waals surface area contributed by atoms with Crippen LogP contribution in [0.25, 0.3) is 0 Å². The lowest BCUT2D eigenvalue weighted by Crippen LogP contribution is -2.41. The van der Waals surface area contributed by atoms with E-state index in [0.29, 0.717) is 43.3 Å². The quantitative estimate of drug-likeness (QED) is 0.537. The molecule has 0 unspecified atom stereocenters. The van der Waals surface area contributed by atoms with E-state index in [-0.39, 0.29) is 18.4 Å². The molecule has 2 amide bonds. The van der Waals surface area contributed by atoms with Crippen molar-refractivity contribution in [2.24, 2.45) is 5.92 Å². The Labute approximate surface area is 180 Å². The van der Waals surface area contributed by atoms with Gasteiger partial charge in [-0.1, -0.05) is 6.07 Å². The highest BCUT2D eigenvalue weighted by Gasteiger charge is 2.24. The first kappa shape index (κ1) is 21.8. The molecule has 3 rings (SSSR count). The summed E-state index contributed by atoms with van der Waals surface area (Å²) < 4.78 is 9.74. The van der Waals surface area contributed by atoms with E-state index >= 15 is 0 Å². The highest BCUT2D eigenvalue weighted by molar-refractivity contribution is 7.10. The van der Waals surface area contributed by atoms with E-state index in [0.717, 1.165) is 17.7 Å². The predicted octanol–water partition coefficient (Wildman–Crippen LogP) is 3.49. The zero-order chi connectivity index (χ0) is 21.3. The van der Waals surface area contributed by atoms with Gasteiger partial charge in [0.2, 0.25) is 5.91 Å². The molecule has 0 bridgehead atoms. The van der Waals surface area contributed by atoms with Crippen LogP contribution in [0.15, 0.2) is 41.8 Å². The maximum absolute atomic E-state index is 12.7. The van der Waals surface area contributed by atoms with Crippen molar-refractivity contribution >= 4 is 29.3 Å². The van der Waals surface area contributed by atoms with Crippen LogP contribution < -0.4 is 10.1 Å². The van der Waals surface area contributed by atoms with Gasteiger partial charge in [-0.15, -0.1) is 11.3 Å². The predicted molar refractivity (Wildman–Crippen MR) is 114 cm³/mol. The number of carbonyl (C=O) groups excluding carboxylic acids is 3. The first-order valence-corrected chi connectivity index (χ1v) is 11.0. The zero-order valence-corrected chi connectivity index (χ0v) is 17.8. The molecule has 0 spiro atoms. The molecule has 1 fully saturated rings. The molecule has 2 heterocycles. The fraction of sp³-hybridized carbons (Fsp3) is 0.409. The molecule has 7 nitrogen and oxygen atoms in total. The Kier molecular flexibility index (Phi) is 7.84. The van der Waals surface area contributed by atoms with Crippen molar-refractivity contribution in [1.82, 2.24) is 10.2 Å². The van der Waals surface area contributed by atoms with Gasteiger partial charge in [-0.05, 0) is 61.4 Å². The summed E-state index contributed by atoms with van der Waals surface area (Å²) in [4.78, 5) is 39.0. The molecule has 0 aliphatic carbocycles. The summed E-state index contributed by atoms with van der Waals surface area (Å²) in [6, 6.07) is 10.4. The molecule has 1 aromatic carbocycles. The minimum absolute atomic E-state index is 0.0427. The minimum atomic E-state index is -0.763. The van der Waals surface area contributed by atoms with Crippen molar-refractivity contribution < 1.29 is 23.9 Å². The van der Waals surface area contributed by atoms with Crippen LogP contribution in [0.4, 0.5) is 4.79 Å². The van der Waals surface area contributed by atoms with E-state index in [1.54, 1.807) is 42.5 Å². The summed E-state index contributed by atoms with van der Waals surface area (Å²) in [5.74, 6) is 0.711. The first-order valence-electron chi connectivity index (χ1n) is 10.1. The molecule has 30 heavy (non-hydrogen) atoms. The number of benzene rings is 1. The second kappa shape index (κ2) is 10.8. The van der Waals surface area contributed by atoms with E-state index in [4.69, 9.17) is 9.47 Å². The molecule has 1 N–H and O–H groups in total. The number of amides is 2. The molecule has 0 saturated carbocycles. The molecule has 8 heteroatoms. The van der Waals surface area contributed by atoms with Gasteiger partial charge in [-0.25, -0.2) is 4.79 Å². The van der Waals surface area contributed by atoms with Crippen LogP contribution in [0.5, 0.6) is 5.75 Å². The van der Waals surface area contributed by atoms with Crippen molar-refractivity contribution in [1.29, 1.82) is 0 Å². The topological polar surface area (TPSA) is 84.9 Å². The van der Waals surface area contributed by atoms with Crippen LogP contribution in [0, 0.1) is 5.92 Å². The lowest BCUT2D eigenvalue weighted by Gasteiger charge is -2.32. The monoisotopic (exact) mass is 430 g/mol. The molecular weight excluding hydrogens is 404 g/mol. The number of thiophene rings is 1. The fourth-order valence-electron chi connectivity index (χ4n) is 3.32. The highest BCUT2D eigenvalue weighted by atomic mass is 32.1. The van der Waals surface area contributed by atoms with Gasteiger partial charge in [-0.3, -0.25) is 9.59 Å². The summed E-state index contributed by atoms with van der Waals surface area (Å²) in [6.07, 6.45) is 1.37. The molecule has 1 aromatic heterocycles. The number of hydrogen-bond acceptors (Lipinski definition) is 6. The first-order chi connectivity index (χ1) is 14.5. The molecular formula is C22H26N2O5S. The second-order valence-electron chi connectivity index (χ2n) is 7.11. The number of ether oxygens (including phenoxy) is 2. The number of piperidine rings is 1. The van der Waals surface area contributed by atoms with E-state index in [1.807, 2.05) is 22.4 Å². The third kappa shape index (κ3) is 6.32. The maximum atomic E-state index is 12.7. The van der Waals surface area contributed by atoms with Crippen LogP contribution in [-0.2, 0) is 16.0 Å². The Morgan fingerprint density at radius 3 is 2.50 bits per heavy atom. The Morgan fingerprint density at radius 1 is 1.13 bits per heavy atom. The van der Waals surface area contributed by atoms with Crippen molar-refractivity contribution in [3.8, 4) is 5.75 Å². The number of carbonyl (C=O) groups is 3. The molecule has 1 aliphatic heterocycles. The number of nitrogens with one attached hydrogen (secondary N) is 1. The van der Waals surface area contributed by atoms with Gasteiger partial charge in [0.05, 0.1) is 13.0 Å². The van der Waals surface area contributed by atoms with Gasteiger partial charge in [0.15, 0.2) is 0 Å². The van der Waals surface area contributed by atoms with Crippen LogP contribution in [0.2, 0.25) is 0 Å². The van der Waals surface area contributed by atoms with Gasteiger partial charge in [0.25, 0.3) is 5.91 Å². The van der Waals surface area contributed by atoms with Crippen molar-refractivity contribution in [3.05, 3.63) is 52.2 Å². The average Bonchev–Trinajstić information content (AvgIpc) is 3.26. The Morgan fingerprint density at radius 2 is 1.87 bits per heavy atom. The smallest absolute Gasteiger partial charge is 0.434 e. The van der Waals surface area contributed by atoms with Gasteiger partial charge < -0.3 is 19.7 Å². The molecule has 0 atom stereocenters. The second-order valence-corrected chi connectivity index (χ2v) is 8.14. The van der Waals surface area contributed by atoms with Gasteiger partial charge >= 0.3 is 6.16 Å². The standard InChI is InChI=1S/C22H26N2O5S/c1-2-28-22(27)29-18-7-5-17(6-8-18)21(26)24-11-9-16(10-12-24)15-23-20(25)14-19-4-3-13-30-19/h3-8,13,16H,2,9-12,14-15H2,1H3,(H,23,25). The van der Waals surface area contributed by atoms with Crippen molar-refractivity contribution in [2.75, 3.05) is 26.2 Å². The molecule has 2 aromatic rings. The number of nitrogens with zero attached hydrogens (tertiary/aromatic N) is 1. The number of rotatable bonds is 7. The minimum Gasteiger partial charge on any atom is -0.434 e. The Hall–Kier alpha value is -2.87. The van der Waals surface area contributed by atoms with Crippen LogP contribution in [0.1, 0.15) is 35.0 Å². The van der Waals surface area contributed by atoms with Crippen molar-refractivity contribution in [2.45, 2.75) is 26.2 Å². The highest BCUT2D eigenvalue weighted by Crippen LogP contribution is 2.20. The van der Waals surface area contributed by atoms with E-state index in [9.17, 15) is 14.4 Å². The third-order valence-corrected chi connectivity index (χ3v) is 5.85. The third-order valence-electron chi connectivity index (χ3n) is 4.97. The van der Waals surface area contributed by atoms with E-state index < -0.39 is 6.16 Å². The van der Waals surface area contributed by atoms with Gasteiger partial charge in [0, 0.05) is 30.1 Å². The summed E-state index contributed by atoms with van der Waals surface area (Å²) in [5, 5.41) is 4.98. The zero-order valence-electron chi connectivity index (χ0n) is 17.0. The summed E-state index contributed by atoms with van der Waals surface area (Å²) in [6.45, 7) is 3.90. The largest absolute Gasteiger partial charge is 0.513 e. The van der Waals surface area contributed by atoms with Crippen molar-refractivity contribution in [3.63, 3.8) is 0 Å². The SMILES string of the molecule is CCOC(=O)Oc1ccc(C(=O)N2CCC(CNC(=O)Cc3cccs3)CC2)cc1. The molecule has 1 aliphatic rings. The Bertz CT molecular complexity index is 843. The van der Waals surface area contributed by atoms with Gasteiger partial charge in [-0.2, -0.15) is 0 Å². The average molecular weight is 431 g/mol. The van der Waals surface area contributed by atoms with Crippen LogP contribution >= 0.6 is 11.3 Å². The normalized spacial score (nSPS) is 14.2. The summed E-state index contributed by atoms with van der Waals surface area (Å²) >= 11 is 1.58. The summed E-state index contributed by atoms with van der Waals surface area (Å²) in [5.41, 5.74) is 0.550. The lowest BCUT2D eigenvalue weighted by molar-refractivity contribution is -0.120. The van der Waals surface area contributed by atoms with E-state index in [2.05, 4.69) is 5.32 Å². The molecule has 1 saturated heterocycles. The lowest BCUT2D eigenvalue weighted by atomic mass is 9.96. The molecule has 0 radical (unpaired) electrons. The molecule has 160 valence electrons. The van der Waals surface area contributed by atoms with Gasteiger partial charge in [0.1, 0.15) is 5.75 Å². The Balaban J connectivity index is 1.41. The summed E-state index contributed by atoms with van der Waals surface area (Å²) in [7, 11) is 0. The fourth-order valence-corrected chi connectivity index (χ4v) is 4.03. The van der Waals surface area contributed by atoms with Crippen LogP contribution in [0.3, 0.4) is 0 Å². The maximum Gasteiger partial charge on any atom is 0.513 e.